The molecular formula is C8H16F2N2. The van der Waals surface area contributed by atoms with E-state index >= 15 is 0 Å². The van der Waals surface area contributed by atoms with E-state index in [-0.39, 0.29) is 12.3 Å². The number of nitrogens with two attached hydrogens (primary N) is 1. The maximum absolute atomic E-state index is 12.8. The van der Waals surface area contributed by atoms with Crippen molar-refractivity contribution in [1.82, 2.24) is 4.90 Å². The summed E-state index contributed by atoms with van der Waals surface area (Å²) in [4.78, 5) is 2.08. The smallest absolute Gasteiger partial charge is 0.260 e. The first kappa shape index (κ1) is 9.86. The molecule has 1 aliphatic heterocycles. The van der Waals surface area contributed by atoms with Crippen LogP contribution in [0, 0.1) is 5.92 Å². The molecule has 0 amide bonds. The van der Waals surface area contributed by atoms with Crippen LogP contribution in [0.5, 0.6) is 0 Å². The van der Waals surface area contributed by atoms with E-state index in [9.17, 15) is 8.78 Å². The maximum atomic E-state index is 12.8. The highest BCUT2D eigenvalue weighted by atomic mass is 19.3. The monoisotopic (exact) mass is 178 g/mol. The molecule has 4 heteroatoms. The van der Waals surface area contributed by atoms with E-state index in [1.807, 2.05) is 7.05 Å². The van der Waals surface area contributed by atoms with Gasteiger partial charge in [0.05, 0.1) is 6.54 Å². The average Bonchev–Trinajstić information content (AvgIpc) is 2.35. The molecule has 1 rings (SSSR count). The van der Waals surface area contributed by atoms with Crippen molar-refractivity contribution in [3.8, 4) is 0 Å². The molecule has 1 atom stereocenters. The number of halogens is 2. The summed E-state index contributed by atoms with van der Waals surface area (Å²) in [7, 11) is 1.96. The molecule has 2 N–H and O–H groups in total. The third kappa shape index (κ3) is 2.68. The van der Waals surface area contributed by atoms with Crippen LogP contribution in [-0.4, -0.2) is 37.5 Å². The van der Waals surface area contributed by atoms with E-state index < -0.39 is 12.5 Å². The molecule has 2 nitrogen and oxygen atoms in total. The van der Waals surface area contributed by atoms with E-state index in [0.29, 0.717) is 0 Å². The average molecular weight is 178 g/mol. The van der Waals surface area contributed by atoms with Crippen LogP contribution in [0.25, 0.3) is 0 Å². The second kappa shape index (κ2) is 3.66. The van der Waals surface area contributed by atoms with Gasteiger partial charge in [0.25, 0.3) is 5.92 Å². The van der Waals surface area contributed by atoms with Crippen molar-refractivity contribution in [3.05, 3.63) is 0 Å². The largest absolute Gasteiger partial charge is 0.325 e. The lowest BCUT2D eigenvalue weighted by molar-refractivity contribution is -0.0122. The molecule has 1 unspecified atom stereocenters. The van der Waals surface area contributed by atoms with E-state index in [4.69, 9.17) is 5.73 Å². The molecule has 0 spiro atoms. The SMILES string of the molecule is CN1CCC(CC(F)(F)CN)C1. The molecule has 0 bridgehead atoms. The number of likely N-dealkylation sites (tertiary alicyclic amines) is 1. The van der Waals surface area contributed by atoms with Crippen LogP contribution in [0.2, 0.25) is 0 Å². The summed E-state index contributed by atoms with van der Waals surface area (Å²) in [6, 6.07) is 0. The first-order valence-electron chi connectivity index (χ1n) is 4.30. The summed E-state index contributed by atoms with van der Waals surface area (Å²) in [5, 5.41) is 0. The summed E-state index contributed by atoms with van der Waals surface area (Å²) in [5.74, 6) is -2.52. The van der Waals surface area contributed by atoms with Crippen molar-refractivity contribution in [2.45, 2.75) is 18.8 Å². The predicted octanol–water partition coefficient (Wildman–Crippen LogP) is 0.922. The van der Waals surface area contributed by atoms with Crippen LogP contribution in [0.1, 0.15) is 12.8 Å². The molecule has 1 saturated heterocycles. The minimum absolute atomic E-state index is 0.0478. The van der Waals surface area contributed by atoms with Gasteiger partial charge < -0.3 is 10.6 Å². The van der Waals surface area contributed by atoms with Gasteiger partial charge in [0.15, 0.2) is 0 Å². The van der Waals surface area contributed by atoms with E-state index in [1.54, 1.807) is 0 Å². The topological polar surface area (TPSA) is 29.3 Å². The normalized spacial score (nSPS) is 26.5. The van der Waals surface area contributed by atoms with Crippen LogP contribution < -0.4 is 5.73 Å². The molecule has 1 aliphatic rings. The molecule has 0 aromatic heterocycles. The molecule has 0 aliphatic carbocycles. The highest BCUT2D eigenvalue weighted by Crippen LogP contribution is 2.27. The van der Waals surface area contributed by atoms with Gasteiger partial charge in [-0.3, -0.25) is 0 Å². The third-order valence-corrected chi connectivity index (χ3v) is 2.37. The van der Waals surface area contributed by atoms with Crippen molar-refractivity contribution >= 4 is 0 Å². The Morgan fingerprint density at radius 1 is 1.58 bits per heavy atom. The second-order valence-corrected chi connectivity index (χ2v) is 3.68. The minimum Gasteiger partial charge on any atom is -0.325 e. The van der Waals surface area contributed by atoms with Crippen molar-refractivity contribution in [2.75, 3.05) is 26.7 Å². The fraction of sp³-hybridized carbons (Fsp3) is 1.00. The van der Waals surface area contributed by atoms with Gasteiger partial charge in [-0.25, -0.2) is 8.78 Å². The Hall–Kier alpha value is -0.220. The summed E-state index contributed by atoms with van der Waals surface area (Å²) in [6.07, 6.45) is 0.833. The summed E-state index contributed by atoms with van der Waals surface area (Å²) in [6.45, 7) is 1.20. The highest BCUT2D eigenvalue weighted by Gasteiger charge is 2.33. The zero-order valence-electron chi connectivity index (χ0n) is 7.39. The van der Waals surface area contributed by atoms with Gasteiger partial charge in [-0.1, -0.05) is 0 Å². The van der Waals surface area contributed by atoms with Gasteiger partial charge in [0.1, 0.15) is 0 Å². The first-order valence-corrected chi connectivity index (χ1v) is 4.30. The lowest BCUT2D eigenvalue weighted by atomic mass is 10.0. The molecule has 0 aromatic rings. The van der Waals surface area contributed by atoms with Gasteiger partial charge in [-0.15, -0.1) is 0 Å². The molecule has 1 fully saturated rings. The molecule has 1 heterocycles. The molecule has 0 radical (unpaired) electrons. The predicted molar refractivity (Wildman–Crippen MR) is 44.2 cm³/mol. The zero-order valence-corrected chi connectivity index (χ0v) is 7.39. The van der Waals surface area contributed by atoms with Gasteiger partial charge in [0.2, 0.25) is 0 Å². The fourth-order valence-electron chi connectivity index (χ4n) is 1.70. The molecule has 12 heavy (non-hydrogen) atoms. The Bertz CT molecular complexity index is 150. The maximum Gasteiger partial charge on any atom is 0.260 e. The van der Waals surface area contributed by atoms with Crippen molar-refractivity contribution in [2.24, 2.45) is 11.7 Å². The number of nitrogens with zero attached hydrogens (tertiary/aromatic N) is 1. The second-order valence-electron chi connectivity index (χ2n) is 3.68. The minimum atomic E-state index is -2.66. The Morgan fingerprint density at radius 2 is 2.25 bits per heavy atom. The van der Waals surface area contributed by atoms with Crippen molar-refractivity contribution in [3.63, 3.8) is 0 Å². The lowest BCUT2D eigenvalue weighted by Crippen LogP contribution is -2.31. The highest BCUT2D eigenvalue weighted by molar-refractivity contribution is 4.79. The molecule has 0 aromatic carbocycles. The number of rotatable bonds is 3. The van der Waals surface area contributed by atoms with Crippen molar-refractivity contribution in [1.29, 1.82) is 0 Å². The van der Waals surface area contributed by atoms with Gasteiger partial charge in [-0.05, 0) is 25.9 Å². The quantitative estimate of drug-likeness (QED) is 0.696. The van der Waals surface area contributed by atoms with Gasteiger partial charge >= 0.3 is 0 Å². The van der Waals surface area contributed by atoms with E-state index in [0.717, 1.165) is 19.5 Å². The van der Waals surface area contributed by atoms with Crippen molar-refractivity contribution < 1.29 is 8.78 Å². The molecular weight excluding hydrogens is 162 g/mol. The number of alkyl halides is 2. The van der Waals surface area contributed by atoms with E-state index in [1.165, 1.54) is 0 Å². The first-order chi connectivity index (χ1) is 5.53. The van der Waals surface area contributed by atoms with Crippen LogP contribution in [0.15, 0.2) is 0 Å². The standard InChI is InChI=1S/C8H16F2N2/c1-12-3-2-7(5-12)4-8(9,10)6-11/h7H,2-6,11H2,1H3. The van der Waals surface area contributed by atoms with Gasteiger partial charge in [-0.2, -0.15) is 0 Å². The Morgan fingerprint density at radius 3 is 2.67 bits per heavy atom. The summed E-state index contributed by atoms with van der Waals surface area (Å²) in [5.41, 5.74) is 4.96. The lowest BCUT2D eigenvalue weighted by Gasteiger charge is -2.18. The van der Waals surface area contributed by atoms with Crippen LogP contribution in [0.3, 0.4) is 0 Å². The van der Waals surface area contributed by atoms with Crippen LogP contribution >= 0.6 is 0 Å². The number of hydrogen-bond acceptors (Lipinski definition) is 2. The summed E-state index contributed by atoms with van der Waals surface area (Å²) < 4.78 is 25.6. The van der Waals surface area contributed by atoms with Crippen LogP contribution in [0.4, 0.5) is 8.78 Å². The third-order valence-electron chi connectivity index (χ3n) is 2.37. The molecule has 72 valence electrons. The Labute approximate surface area is 71.7 Å². The number of hydrogen-bond donors (Lipinski definition) is 1. The Kier molecular flexibility index (Phi) is 3.01. The van der Waals surface area contributed by atoms with E-state index in [2.05, 4.69) is 4.90 Å². The molecule has 0 saturated carbocycles. The Balaban J connectivity index is 2.32. The summed E-state index contributed by atoms with van der Waals surface area (Å²) >= 11 is 0. The zero-order chi connectivity index (χ0) is 9.19. The fourth-order valence-corrected chi connectivity index (χ4v) is 1.70. The van der Waals surface area contributed by atoms with Crippen LogP contribution in [-0.2, 0) is 0 Å². The van der Waals surface area contributed by atoms with Gasteiger partial charge in [0, 0.05) is 13.0 Å².